The van der Waals surface area contributed by atoms with Gasteiger partial charge in [-0.25, -0.2) is 0 Å². The van der Waals surface area contributed by atoms with Gasteiger partial charge in [-0.2, -0.15) is 0 Å². The maximum absolute atomic E-state index is 5.60. The van der Waals surface area contributed by atoms with Gasteiger partial charge in [0.2, 0.25) is 0 Å². The van der Waals surface area contributed by atoms with Gasteiger partial charge in [-0.05, 0) is 38.2 Å². The first kappa shape index (κ1) is 12.6. The lowest BCUT2D eigenvalue weighted by Crippen LogP contribution is -2.33. The Morgan fingerprint density at radius 3 is 2.88 bits per heavy atom. The molecule has 1 saturated heterocycles. The summed E-state index contributed by atoms with van der Waals surface area (Å²) in [6.45, 7) is 4.22. The van der Waals surface area contributed by atoms with Gasteiger partial charge < -0.3 is 10.1 Å². The van der Waals surface area contributed by atoms with Crippen LogP contribution in [0.3, 0.4) is 0 Å². The Morgan fingerprint density at radius 2 is 2.18 bits per heavy atom. The summed E-state index contributed by atoms with van der Waals surface area (Å²) in [6, 6.07) is 11.3. The summed E-state index contributed by atoms with van der Waals surface area (Å²) in [7, 11) is 0. The Bertz CT molecular complexity index is 306. The number of hydrogen-bond acceptors (Lipinski definition) is 2. The molecule has 2 rings (SSSR count). The lowest BCUT2D eigenvalue weighted by molar-refractivity contribution is 0.107. The highest BCUT2D eigenvalue weighted by molar-refractivity contribution is 5.14. The summed E-state index contributed by atoms with van der Waals surface area (Å²) in [4.78, 5) is 0. The van der Waals surface area contributed by atoms with E-state index < -0.39 is 0 Å². The molecule has 2 nitrogen and oxygen atoms in total. The lowest BCUT2D eigenvalue weighted by atomic mass is 10.1. The molecule has 1 N–H and O–H groups in total. The fourth-order valence-corrected chi connectivity index (χ4v) is 2.27. The monoisotopic (exact) mass is 233 g/mol. The van der Waals surface area contributed by atoms with Crippen LogP contribution in [0.2, 0.25) is 0 Å². The molecule has 1 aromatic carbocycles. The second-order valence-corrected chi connectivity index (χ2v) is 4.97. The zero-order valence-corrected chi connectivity index (χ0v) is 10.7. The standard InChI is InChI=1S/C15H23NO/c1-13(16-12-15-8-5-11-17-15)9-10-14-6-3-2-4-7-14/h2-4,6-7,13,15-16H,5,8-12H2,1H3/t13-,15+/m1/s1. The summed E-state index contributed by atoms with van der Waals surface area (Å²) in [6.07, 6.45) is 5.25. The molecule has 2 atom stereocenters. The van der Waals surface area contributed by atoms with Gasteiger partial charge in [-0.3, -0.25) is 0 Å². The normalized spacial score (nSPS) is 21.6. The summed E-state index contributed by atoms with van der Waals surface area (Å²) in [5.41, 5.74) is 1.43. The van der Waals surface area contributed by atoms with E-state index in [2.05, 4.69) is 42.6 Å². The fourth-order valence-electron chi connectivity index (χ4n) is 2.27. The van der Waals surface area contributed by atoms with Crippen LogP contribution >= 0.6 is 0 Å². The maximum Gasteiger partial charge on any atom is 0.0700 e. The van der Waals surface area contributed by atoms with Crippen LogP contribution < -0.4 is 5.32 Å². The van der Waals surface area contributed by atoms with Gasteiger partial charge in [0.25, 0.3) is 0 Å². The predicted octanol–water partition coefficient (Wildman–Crippen LogP) is 2.78. The SMILES string of the molecule is C[C@H](CCc1ccccc1)NC[C@@H]1CCCO1. The van der Waals surface area contributed by atoms with E-state index in [1.165, 1.54) is 24.8 Å². The van der Waals surface area contributed by atoms with Crippen molar-refractivity contribution in [2.75, 3.05) is 13.2 Å². The van der Waals surface area contributed by atoms with E-state index in [1.807, 2.05) is 0 Å². The van der Waals surface area contributed by atoms with Crippen molar-refractivity contribution in [3.8, 4) is 0 Å². The second-order valence-electron chi connectivity index (χ2n) is 4.97. The quantitative estimate of drug-likeness (QED) is 0.816. The van der Waals surface area contributed by atoms with Crippen LogP contribution in [0.25, 0.3) is 0 Å². The molecule has 0 aliphatic carbocycles. The number of nitrogens with one attached hydrogen (secondary N) is 1. The summed E-state index contributed by atoms with van der Waals surface area (Å²) >= 11 is 0. The van der Waals surface area contributed by atoms with E-state index in [0.717, 1.165) is 19.6 Å². The minimum absolute atomic E-state index is 0.453. The molecule has 0 spiro atoms. The van der Waals surface area contributed by atoms with E-state index in [4.69, 9.17) is 4.74 Å². The Balaban J connectivity index is 1.62. The molecule has 2 heteroatoms. The number of rotatable bonds is 6. The highest BCUT2D eigenvalue weighted by Gasteiger charge is 2.15. The summed E-state index contributed by atoms with van der Waals surface area (Å²) < 4.78 is 5.60. The molecule has 0 bridgehead atoms. The third-order valence-corrected chi connectivity index (χ3v) is 3.43. The van der Waals surface area contributed by atoms with E-state index in [-0.39, 0.29) is 0 Å². The van der Waals surface area contributed by atoms with Crippen molar-refractivity contribution >= 4 is 0 Å². The van der Waals surface area contributed by atoms with Gasteiger partial charge in [0, 0.05) is 19.2 Å². The molecule has 0 saturated carbocycles. The van der Waals surface area contributed by atoms with Crippen molar-refractivity contribution < 1.29 is 4.74 Å². The topological polar surface area (TPSA) is 21.3 Å². The van der Waals surface area contributed by atoms with Crippen molar-refractivity contribution in [3.63, 3.8) is 0 Å². The third-order valence-electron chi connectivity index (χ3n) is 3.43. The molecule has 0 radical (unpaired) electrons. The van der Waals surface area contributed by atoms with Crippen molar-refractivity contribution in [2.45, 2.75) is 44.8 Å². The van der Waals surface area contributed by atoms with E-state index in [9.17, 15) is 0 Å². The molecule has 17 heavy (non-hydrogen) atoms. The van der Waals surface area contributed by atoms with Crippen LogP contribution in [-0.4, -0.2) is 25.3 Å². The molecular formula is C15H23NO. The van der Waals surface area contributed by atoms with E-state index in [1.54, 1.807) is 0 Å². The van der Waals surface area contributed by atoms with Gasteiger partial charge in [0.1, 0.15) is 0 Å². The second kappa shape index (κ2) is 6.77. The molecule has 1 aliphatic heterocycles. The predicted molar refractivity (Wildman–Crippen MR) is 71.2 cm³/mol. The molecule has 1 heterocycles. The Hall–Kier alpha value is -0.860. The first-order valence-corrected chi connectivity index (χ1v) is 6.73. The molecule has 0 unspecified atom stereocenters. The first-order chi connectivity index (χ1) is 8.34. The van der Waals surface area contributed by atoms with Crippen LogP contribution in [0.1, 0.15) is 31.7 Å². The van der Waals surface area contributed by atoms with E-state index in [0.29, 0.717) is 12.1 Å². The van der Waals surface area contributed by atoms with Gasteiger partial charge in [0.15, 0.2) is 0 Å². The maximum atomic E-state index is 5.60. The smallest absolute Gasteiger partial charge is 0.0700 e. The molecule has 94 valence electrons. The molecule has 0 amide bonds. The van der Waals surface area contributed by atoms with Crippen LogP contribution in [0.15, 0.2) is 30.3 Å². The van der Waals surface area contributed by atoms with Crippen LogP contribution in [0.4, 0.5) is 0 Å². The van der Waals surface area contributed by atoms with Gasteiger partial charge in [-0.1, -0.05) is 30.3 Å². The Labute approximate surface area is 104 Å². The molecule has 1 aromatic rings. The molecule has 0 aromatic heterocycles. The Kier molecular flexibility index (Phi) is 5.02. The van der Waals surface area contributed by atoms with Gasteiger partial charge in [-0.15, -0.1) is 0 Å². The highest BCUT2D eigenvalue weighted by Crippen LogP contribution is 2.11. The Morgan fingerprint density at radius 1 is 1.35 bits per heavy atom. The summed E-state index contributed by atoms with van der Waals surface area (Å²) in [5.74, 6) is 0. The van der Waals surface area contributed by atoms with Crippen LogP contribution in [-0.2, 0) is 11.2 Å². The third kappa shape index (κ3) is 4.49. The number of ether oxygens (including phenoxy) is 1. The fraction of sp³-hybridized carbons (Fsp3) is 0.600. The zero-order chi connectivity index (χ0) is 11.9. The minimum Gasteiger partial charge on any atom is -0.377 e. The minimum atomic E-state index is 0.453. The molecule has 1 aliphatic rings. The number of aryl methyl sites for hydroxylation is 1. The molecule has 1 fully saturated rings. The highest BCUT2D eigenvalue weighted by atomic mass is 16.5. The summed E-state index contributed by atoms with van der Waals surface area (Å²) in [5, 5.41) is 3.57. The van der Waals surface area contributed by atoms with Crippen LogP contribution in [0.5, 0.6) is 0 Å². The average molecular weight is 233 g/mol. The zero-order valence-electron chi connectivity index (χ0n) is 10.7. The molecular weight excluding hydrogens is 210 g/mol. The number of benzene rings is 1. The average Bonchev–Trinajstić information content (AvgIpc) is 2.88. The first-order valence-electron chi connectivity index (χ1n) is 6.73. The van der Waals surface area contributed by atoms with Crippen molar-refractivity contribution in [1.82, 2.24) is 5.32 Å². The van der Waals surface area contributed by atoms with Crippen molar-refractivity contribution in [1.29, 1.82) is 0 Å². The van der Waals surface area contributed by atoms with Crippen molar-refractivity contribution in [2.24, 2.45) is 0 Å². The largest absolute Gasteiger partial charge is 0.377 e. The van der Waals surface area contributed by atoms with Gasteiger partial charge >= 0.3 is 0 Å². The van der Waals surface area contributed by atoms with Crippen LogP contribution in [0, 0.1) is 0 Å². The van der Waals surface area contributed by atoms with Gasteiger partial charge in [0.05, 0.1) is 6.10 Å². The van der Waals surface area contributed by atoms with Crippen molar-refractivity contribution in [3.05, 3.63) is 35.9 Å². The lowest BCUT2D eigenvalue weighted by Gasteiger charge is -2.16. The van der Waals surface area contributed by atoms with E-state index >= 15 is 0 Å². The number of hydrogen-bond donors (Lipinski definition) is 1.